The molecule has 0 aliphatic heterocycles. The molecule has 0 heterocycles. The normalized spacial score (nSPS) is 12.6. The molecule has 0 amide bonds. The first-order chi connectivity index (χ1) is 9.15. The number of nitrogens with one attached hydrogen (secondary N) is 1. The van der Waals surface area contributed by atoms with Crippen molar-refractivity contribution in [3.05, 3.63) is 52.7 Å². The predicted molar refractivity (Wildman–Crippen MR) is 82.4 cm³/mol. The van der Waals surface area contributed by atoms with E-state index in [1.54, 1.807) is 12.1 Å². The highest BCUT2D eigenvalue weighted by molar-refractivity contribution is 6.31. The molecule has 0 aromatic heterocycles. The van der Waals surface area contributed by atoms with Crippen LogP contribution in [0.15, 0.2) is 47.1 Å². The summed E-state index contributed by atoms with van der Waals surface area (Å²) < 4.78 is 0. The standard InChI is InChI=1S/C16H22ClNO/c1-3-5-15(12-14(17)4-2)18-11-10-13-6-8-16(19)9-7-13/h4,6-9,12,18-19H,3,5,10-11H2,1-2H3/b14-4+,15-12+. The summed E-state index contributed by atoms with van der Waals surface area (Å²) in [5.41, 5.74) is 2.38. The lowest BCUT2D eigenvalue weighted by Gasteiger charge is -2.10. The third-order valence-corrected chi connectivity index (χ3v) is 3.14. The van der Waals surface area contributed by atoms with Crippen LogP contribution in [0.3, 0.4) is 0 Å². The summed E-state index contributed by atoms with van der Waals surface area (Å²) in [6.45, 7) is 4.95. The number of halogens is 1. The van der Waals surface area contributed by atoms with Crippen molar-refractivity contribution < 1.29 is 5.11 Å². The number of phenols is 1. The molecule has 0 aliphatic carbocycles. The molecule has 0 unspecified atom stereocenters. The van der Waals surface area contributed by atoms with E-state index in [0.717, 1.165) is 30.8 Å². The molecule has 104 valence electrons. The fourth-order valence-electron chi connectivity index (χ4n) is 1.76. The summed E-state index contributed by atoms with van der Waals surface area (Å²) in [5.74, 6) is 0.308. The monoisotopic (exact) mass is 279 g/mol. The largest absolute Gasteiger partial charge is 0.508 e. The molecule has 2 N–H and O–H groups in total. The zero-order valence-corrected chi connectivity index (χ0v) is 12.4. The number of rotatable bonds is 7. The van der Waals surface area contributed by atoms with Gasteiger partial charge in [0.05, 0.1) is 0 Å². The molecule has 1 rings (SSSR count). The van der Waals surface area contributed by atoms with Gasteiger partial charge in [-0.1, -0.05) is 43.2 Å². The van der Waals surface area contributed by atoms with Gasteiger partial charge in [0, 0.05) is 17.3 Å². The molecule has 2 nitrogen and oxygen atoms in total. The first-order valence-electron chi connectivity index (χ1n) is 6.70. The second-order valence-corrected chi connectivity index (χ2v) is 4.87. The first-order valence-corrected chi connectivity index (χ1v) is 7.07. The minimum absolute atomic E-state index is 0.308. The van der Waals surface area contributed by atoms with Crippen LogP contribution in [-0.4, -0.2) is 11.7 Å². The summed E-state index contributed by atoms with van der Waals surface area (Å²) in [6.07, 6.45) is 6.89. The molecule has 0 aliphatic rings. The number of hydrogen-bond donors (Lipinski definition) is 2. The summed E-state index contributed by atoms with van der Waals surface area (Å²) in [6, 6.07) is 7.32. The Bertz CT molecular complexity index is 435. The van der Waals surface area contributed by atoms with Crippen LogP contribution in [0.2, 0.25) is 0 Å². The maximum absolute atomic E-state index is 9.22. The van der Waals surface area contributed by atoms with Gasteiger partial charge in [-0.15, -0.1) is 0 Å². The average molecular weight is 280 g/mol. The Morgan fingerprint density at radius 1 is 1.32 bits per heavy atom. The number of benzene rings is 1. The maximum atomic E-state index is 9.22. The van der Waals surface area contributed by atoms with Crippen LogP contribution < -0.4 is 5.32 Å². The number of phenolic OH excluding ortho intramolecular Hbond substituents is 1. The van der Waals surface area contributed by atoms with E-state index >= 15 is 0 Å². The van der Waals surface area contributed by atoms with Gasteiger partial charge in [0.2, 0.25) is 0 Å². The summed E-state index contributed by atoms with van der Waals surface area (Å²) in [7, 11) is 0. The van der Waals surface area contributed by atoms with Crippen LogP contribution >= 0.6 is 11.6 Å². The third kappa shape index (κ3) is 6.35. The average Bonchev–Trinajstić information content (AvgIpc) is 2.41. The number of allylic oxidation sites excluding steroid dienone is 4. The molecule has 0 saturated carbocycles. The van der Waals surface area contributed by atoms with Crippen LogP contribution in [0.5, 0.6) is 5.75 Å². The van der Waals surface area contributed by atoms with Crippen molar-refractivity contribution in [2.75, 3.05) is 6.54 Å². The van der Waals surface area contributed by atoms with Gasteiger partial charge in [0.1, 0.15) is 5.75 Å². The van der Waals surface area contributed by atoms with Gasteiger partial charge in [0.25, 0.3) is 0 Å². The van der Waals surface area contributed by atoms with Crippen molar-refractivity contribution in [1.82, 2.24) is 5.32 Å². The van der Waals surface area contributed by atoms with Gasteiger partial charge >= 0.3 is 0 Å². The van der Waals surface area contributed by atoms with Crippen LogP contribution in [0, 0.1) is 0 Å². The topological polar surface area (TPSA) is 32.3 Å². The van der Waals surface area contributed by atoms with E-state index in [0.29, 0.717) is 5.75 Å². The maximum Gasteiger partial charge on any atom is 0.115 e. The van der Waals surface area contributed by atoms with Crippen molar-refractivity contribution in [3.63, 3.8) is 0 Å². The Hall–Kier alpha value is -1.41. The van der Waals surface area contributed by atoms with Crippen molar-refractivity contribution in [3.8, 4) is 5.75 Å². The van der Waals surface area contributed by atoms with E-state index in [9.17, 15) is 5.11 Å². The van der Waals surface area contributed by atoms with Gasteiger partial charge in [-0.25, -0.2) is 0 Å². The molecule has 1 aromatic rings. The molecule has 19 heavy (non-hydrogen) atoms. The number of hydrogen-bond acceptors (Lipinski definition) is 2. The molecular weight excluding hydrogens is 258 g/mol. The van der Waals surface area contributed by atoms with E-state index in [4.69, 9.17) is 11.6 Å². The highest BCUT2D eigenvalue weighted by Crippen LogP contribution is 2.11. The van der Waals surface area contributed by atoms with Crippen LogP contribution in [0.25, 0.3) is 0 Å². The zero-order valence-electron chi connectivity index (χ0n) is 11.6. The van der Waals surface area contributed by atoms with Gasteiger partial charge < -0.3 is 10.4 Å². The Kier molecular flexibility index (Phi) is 7.12. The van der Waals surface area contributed by atoms with Crippen LogP contribution in [0.4, 0.5) is 0 Å². The Labute approximate surface area is 120 Å². The first kappa shape index (κ1) is 15.6. The molecule has 0 atom stereocenters. The molecule has 0 bridgehead atoms. The van der Waals surface area contributed by atoms with Crippen LogP contribution in [0.1, 0.15) is 32.3 Å². The molecule has 1 aromatic carbocycles. The summed E-state index contributed by atoms with van der Waals surface area (Å²) >= 11 is 6.03. The van der Waals surface area contributed by atoms with Gasteiger partial charge in [-0.3, -0.25) is 0 Å². The van der Waals surface area contributed by atoms with E-state index in [2.05, 4.69) is 12.2 Å². The Balaban J connectivity index is 2.48. The highest BCUT2D eigenvalue weighted by atomic mass is 35.5. The Morgan fingerprint density at radius 3 is 2.58 bits per heavy atom. The van der Waals surface area contributed by atoms with Crippen LogP contribution in [-0.2, 0) is 6.42 Å². The second kappa shape index (κ2) is 8.65. The van der Waals surface area contributed by atoms with E-state index in [1.807, 2.05) is 31.2 Å². The fourth-order valence-corrected chi connectivity index (χ4v) is 1.89. The predicted octanol–water partition coefficient (Wildman–Crippen LogP) is 4.35. The van der Waals surface area contributed by atoms with E-state index < -0.39 is 0 Å². The Morgan fingerprint density at radius 2 is 2.00 bits per heavy atom. The molecule has 0 spiro atoms. The minimum atomic E-state index is 0.308. The molecule has 3 heteroatoms. The lowest BCUT2D eigenvalue weighted by molar-refractivity contribution is 0.475. The molecular formula is C16H22ClNO. The summed E-state index contributed by atoms with van der Waals surface area (Å²) in [5, 5.41) is 13.4. The van der Waals surface area contributed by atoms with Crippen molar-refractivity contribution >= 4 is 11.6 Å². The van der Waals surface area contributed by atoms with Crippen molar-refractivity contribution in [2.24, 2.45) is 0 Å². The number of aromatic hydroxyl groups is 1. The minimum Gasteiger partial charge on any atom is -0.508 e. The van der Waals surface area contributed by atoms with E-state index in [1.165, 1.54) is 11.3 Å². The lowest BCUT2D eigenvalue weighted by Crippen LogP contribution is -2.16. The second-order valence-electron chi connectivity index (χ2n) is 4.44. The van der Waals surface area contributed by atoms with Gasteiger partial charge in [-0.2, -0.15) is 0 Å². The van der Waals surface area contributed by atoms with Crippen molar-refractivity contribution in [2.45, 2.75) is 33.1 Å². The lowest BCUT2D eigenvalue weighted by atomic mass is 10.1. The highest BCUT2D eigenvalue weighted by Gasteiger charge is 1.98. The van der Waals surface area contributed by atoms with E-state index in [-0.39, 0.29) is 0 Å². The molecule has 0 radical (unpaired) electrons. The molecule has 0 fully saturated rings. The third-order valence-electron chi connectivity index (χ3n) is 2.81. The van der Waals surface area contributed by atoms with Crippen molar-refractivity contribution in [1.29, 1.82) is 0 Å². The molecule has 0 saturated heterocycles. The smallest absolute Gasteiger partial charge is 0.115 e. The SMILES string of the molecule is C/C=C(Cl)\C=C(/CCC)NCCc1ccc(O)cc1. The quantitative estimate of drug-likeness (QED) is 0.727. The van der Waals surface area contributed by atoms with Gasteiger partial charge in [0.15, 0.2) is 0 Å². The van der Waals surface area contributed by atoms with Gasteiger partial charge in [-0.05, 0) is 43.5 Å². The fraction of sp³-hybridized carbons (Fsp3) is 0.375. The zero-order chi connectivity index (χ0) is 14.1. The summed E-state index contributed by atoms with van der Waals surface area (Å²) in [4.78, 5) is 0.